The second kappa shape index (κ2) is 8.26. The van der Waals surface area contributed by atoms with Crippen molar-refractivity contribution in [1.82, 2.24) is 15.4 Å². The predicted molar refractivity (Wildman–Crippen MR) is 102 cm³/mol. The normalized spacial score (nSPS) is 17.2. The fraction of sp³-hybridized carbons (Fsp3) is 0.353. The molecular formula is C17H20BrFN6O2. The van der Waals surface area contributed by atoms with Crippen molar-refractivity contribution in [2.75, 3.05) is 18.9 Å². The molecule has 27 heavy (non-hydrogen) atoms. The van der Waals surface area contributed by atoms with Gasteiger partial charge in [-0.15, -0.1) is 0 Å². The molecule has 2 heterocycles. The summed E-state index contributed by atoms with van der Waals surface area (Å²) >= 11 is 3.39. The summed E-state index contributed by atoms with van der Waals surface area (Å²) in [6.07, 6.45) is 0.481. The maximum Gasteiger partial charge on any atom is 0.220 e. The summed E-state index contributed by atoms with van der Waals surface area (Å²) < 4.78 is 14.1. The molecule has 6 N–H and O–H groups in total. The monoisotopic (exact) mass is 438 g/mol. The lowest BCUT2D eigenvalue weighted by Crippen LogP contribution is -2.37. The topological polar surface area (TPSA) is 132 Å². The number of aliphatic hydroxyl groups excluding tert-OH is 1. The standard InChI is InChI=1S/C17H20BrFN6O2/c1-8-15-14(24-17(21)22-8)5-13(11-3-2-9(19)4-12(11)18)23-16(15)25-27-7-10(20)6-26/h2-4,10,13,26H,5-7,20H2,1H3,(H,23,25)(H2,21,22,24)/t10-,13-/m1/s1. The van der Waals surface area contributed by atoms with Crippen LogP contribution in [0.5, 0.6) is 0 Å². The van der Waals surface area contributed by atoms with Crippen LogP contribution < -0.4 is 16.9 Å². The number of aliphatic hydroxyl groups is 1. The maximum absolute atomic E-state index is 13.4. The number of benzene rings is 1. The third-order valence-electron chi connectivity index (χ3n) is 4.11. The van der Waals surface area contributed by atoms with E-state index >= 15 is 0 Å². The molecular weight excluding hydrogens is 419 g/mol. The Kier molecular flexibility index (Phi) is 6.00. The van der Waals surface area contributed by atoms with Gasteiger partial charge in [0.05, 0.1) is 42.2 Å². The molecule has 0 bridgehead atoms. The van der Waals surface area contributed by atoms with E-state index in [-0.39, 0.29) is 31.0 Å². The number of aliphatic imine (C=N–C) groups is 1. The number of halogens is 2. The van der Waals surface area contributed by atoms with Gasteiger partial charge >= 0.3 is 0 Å². The molecule has 0 saturated carbocycles. The van der Waals surface area contributed by atoms with E-state index in [4.69, 9.17) is 26.4 Å². The van der Waals surface area contributed by atoms with E-state index in [1.165, 1.54) is 12.1 Å². The highest BCUT2D eigenvalue weighted by Gasteiger charge is 2.27. The molecule has 2 aromatic rings. The second-order valence-electron chi connectivity index (χ2n) is 6.21. The van der Waals surface area contributed by atoms with E-state index in [1.807, 2.05) is 6.92 Å². The Morgan fingerprint density at radius 2 is 2.22 bits per heavy atom. The first kappa shape index (κ1) is 19.6. The van der Waals surface area contributed by atoms with Crippen LogP contribution in [0.3, 0.4) is 0 Å². The summed E-state index contributed by atoms with van der Waals surface area (Å²) in [6, 6.07) is 3.61. The number of nitrogens with two attached hydrogens (primary N) is 2. The van der Waals surface area contributed by atoms with Crippen LogP contribution in [0.2, 0.25) is 0 Å². The van der Waals surface area contributed by atoms with Crippen LogP contribution in [0.25, 0.3) is 0 Å². The van der Waals surface area contributed by atoms with Crippen LogP contribution in [0.1, 0.15) is 28.6 Å². The molecule has 0 radical (unpaired) electrons. The van der Waals surface area contributed by atoms with Crippen LogP contribution in [-0.2, 0) is 11.3 Å². The summed E-state index contributed by atoms with van der Waals surface area (Å²) in [7, 11) is 0. The zero-order valence-electron chi connectivity index (χ0n) is 14.6. The molecule has 1 aliphatic heterocycles. The van der Waals surface area contributed by atoms with Crippen molar-refractivity contribution in [2.45, 2.75) is 25.4 Å². The van der Waals surface area contributed by atoms with E-state index in [0.717, 1.165) is 5.56 Å². The molecule has 10 heteroatoms. The van der Waals surface area contributed by atoms with Gasteiger partial charge in [-0.3, -0.25) is 9.83 Å². The fourth-order valence-electron chi connectivity index (χ4n) is 2.86. The van der Waals surface area contributed by atoms with Gasteiger partial charge in [0.1, 0.15) is 5.82 Å². The molecule has 144 valence electrons. The zero-order valence-corrected chi connectivity index (χ0v) is 16.2. The highest BCUT2D eigenvalue weighted by atomic mass is 79.9. The summed E-state index contributed by atoms with van der Waals surface area (Å²) in [5.74, 6) is 0.264. The van der Waals surface area contributed by atoms with Crippen molar-refractivity contribution in [2.24, 2.45) is 10.7 Å². The zero-order chi connectivity index (χ0) is 19.6. The number of aromatic nitrogens is 2. The fourth-order valence-corrected chi connectivity index (χ4v) is 3.47. The molecule has 0 fully saturated rings. The van der Waals surface area contributed by atoms with Crippen molar-refractivity contribution in [3.63, 3.8) is 0 Å². The lowest BCUT2D eigenvalue weighted by Gasteiger charge is -2.25. The summed E-state index contributed by atoms with van der Waals surface area (Å²) in [5, 5.41) is 9.02. The SMILES string of the molecule is Cc1nc(N)nc2c1C(NOC[C@H](N)CO)=N[C@@H](c1ccc(F)cc1Br)C2. The molecule has 1 aromatic carbocycles. The molecule has 0 unspecified atom stereocenters. The van der Waals surface area contributed by atoms with Crippen molar-refractivity contribution in [3.05, 3.63) is 51.0 Å². The Hall–Kier alpha value is -2.14. The number of nitrogens with zero attached hydrogens (tertiary/aromatic N) is 3. The van der Waals surface area contributed by atoms with Gasteiger partial charge in [0.2, 0.25) is 5.95 Å². The van der Waals surface area contributed by atoms with Gasteiger partial charge < -0.3 is 16.6 Å². The number of anilines is 1. The van der Waals surface area contributed by atoms with Crippen molar-refractivity contribution in [1.29, 1.82) is 0 Å². The van der Waals surface area contributed by atoms with Gasteiger partial charge in [-0.25, -0.2) is 19.8 Å². The number of nitrogen functional groups attached to an aromatic ring is 1. The van der Waals surface area contributed by atoms with E-state index in [0.29, 0.717) is 33.7 Å². The Bertz CT molecular complexity index is 879. The Balaban J connectivity index is 1.96. The third kappa shape index (κ3) is 4.41. The van der Waals surface area contributed by atoms with Crippen molar-refractivity contribution < 1.29 is 14.3 Å². The van der Waals surface area contributed by atoms with Gasteiger partial charge in [-0.1, -0.05) is 22.0 Å². The number of amidine groups is 1. The van der Waals surface area contributed by atoms with E-state index in [1.54, 1.807) is 6.07 Å². The van der Waals surface area contributed by atoms with Gasteiger partial charge in [-0.2, -0.15) is 0 Å². The predicted octanol–water partition coefficient (Wildman–Crippen LogP) is 1.15. The molecule has 3 rings (SSSR count). The Morgan fingerprint density at radius 3 is 2.93 bits per heavy atom. The number of fused-ring (bicyclic) bond motifs is 1. The van der Waals surface area contributed by atoms with Crippen LogP contribution >= 0.6 is 15.9 Å². The molecule has 8 nitrogen and oxygen atoms in total. The molecule has 0 saturated heterocycles. The lowest BCUT2D eigenvalue weighted by molar-refractivity contribution is 0.0602. The van der Waals surface area contributed by atoms with Crippen LogP contribution in [0, 0.1) is 12.7 Å². The first-order valence-electron chi connectivity index (χ1n) is 8.29. The van der Waals surface area contributed by atoms with Gasteiger partial charge in [0.25, 0.3) is 0 Å². The van der Waals surface area contributed by atoms with Crippen molar-refractivity contribution >= 4 is 27.7 Å². The van der Waals surface area contributed by atoms with E-state index < -0.39 is 6.04 Å². The molecule has 1 aromatic heterocycles. The van der Waals surface area contributed by atoms with Gasteiger partial charge in [-0.05, 0) is 24.6 Å². The second-order valence-corrected chi connectivity index (χ2v) is 7.06. The molecule has 2 atom stereocenters. The number of hydrogen-bond acceptors (Lipinski definition) is 8. The van der Waals surface area contributed by atoms with E-state index in [2.05, 4.69) is 31.4 Å². The molecule has 1 aliphatic rings. The minimum Gasteiger partial charge on any atom is -0.395 e. The highest BCUT2D eigenvalue weighted by molar-refractivity contribution is 9.10. The first-order chi connectivity index (χ1) is 12.9. The largest absolute Gasteiger partial charge is 0.395 e. The molecule has 0 amide bonds. The van der Waals surface area contributed by atoms with Gasteiger partial charge in [0, 0.05) is 10.9 Å². The average molecular weight is 439 g/mol. The molecule has 0 aliphatic carbocycles. The summed E-state index contributed by atoms with van der Waals surface area (Å²) in [5.41, 5.74) is 17.1. The van der Waals surface area contributed by atoms with Gasteiger partial charge in [0.15, 0.2) is 5.84 Å². The Morgan fingerprint density at radius 1 is 1.44 bits per heavy atom. The number of aryl methyl sites for hydroxylation is 1. The number of hydroxylamine groups is 1. The summed E-state index contributed by atoms with van der Waals surface area (Å²) in [4.78, 5) is 18.6. The minimum atomic E-state index is -0.521. The van der Waals surface area contributed by atoms with Crippen LogP contribution in [0.4, 0.5) is 10.3 Å². The summed E-state index contributed by atoms with van der Waals surface area (Å²) in [6.45, 7) is 1.70. The first-order valence-corrected chi connectivity index (χ1v) is 9.08. The van der Waals surface area contributed by atoms with Crippen LogP contribution in [0.15, 0.2) is 27.7 Å². The highest BCUT2D eigenvalue weighted by Crippen LogP contribution is 2.34. The quantitative estimate of drug-likeness (QED) is 0.514. The average Bonchev–Trinajstić information content (AvgIpc) is 2.60. The number of rotatable bonds is 5. The lowest BCUT2D eigenvalue weighted by atomic mass is 9.95. The van der Waals surface area contributed by atoms with Crippen LogP contribution in [-0.4, -0.2) is 40.2 Å². The minimum absolute atomic E-state index is 0.0879. The van der Waals surface area contributed by atoms with E-state index in [9.17, 15) is 4.39 Å². The smallest absolute Gasteiger partial charge is 0.220 e. The third-order valence-corrected chi connectivity index (χ3v) is 4.80. The number of hydrogen-bond donors (Lipinski definition) is 4. The van der Waals surface area contributed by atoms with Crippen molar-refractivity contribution in [3.8, 4) is 0 Å². The maximum atomic E-state index is 13.4. The Labute approximate surface area is 163 Å². The molecule has 0 spiro atoms. The number of nitrogens with one attached hydrogen (secondary N) is 1.